The van der Waals surface area contributed by atoms with Crippen molar-refractivity contribution in [3.63, 3.8) is 0 Å². The average molecular weight is 284 g/mol. The van der Waals surface area contributed by atoms with E-state index >= 15 is 0 Å². The summed E-state index contributed by atoms with van der Waals surface area (Å²) in [5.41, 5.74) is 0.613. The zero-order chi connectivity index (χ0) is 14.0. The molecule has 0 saturated carbocycles. The molecule has 0 spiro atoms. The van der Waals surface area contributed by atoms with Gasteiger partial charge in [-0.2, -0.15) is 0 Å². The maximum absolute atomic E-state index is 6.10. The van der Waals surface area contributed by atoms with Crippen LogP contribution in [0.15, 0.2) is 10.6 Å². The van der Waals surface area contributed by atoms with Crippen molar-refractivity contribution in [3.05, 3.63) is 23.7 Å². The summed E-state index contributed by atoms with van der Waals surface area (Å²) in [7, 11) is 0. The Morgan fingerprint density at radius 2 is 2.05 bits per heavy atom. The molecule has 19 heavy (non-hydrogen) atoms. The number of halogens is 1. The predicted molar refractivity (Wildman–Crippen MR) is 71.0 cm³/mol. The Bertz CT molecular complexity index is 542. The Hall–Kier alpha value is -1.43. The van der Waals surface area contributed by atoms with Crippen molar-refractivity contribution < 1.29 is 4.42 Å². The van der Waals surface area contributed by atoms with Gasteiger partial charge in [0.2, 0.25) is 11.8 Å². The second kappa shape index (κ2) is 5.28. The molecule has 0 saturated heterocycles. The molecule has 7 heteroatoms. The van der Waals surface area contributed by atoms with Crippen LogP contribution in [-0.4, -0.2) is 25.2 Å². The van der Waals surface area contributed by atoms with Crippen LogP contribution in [0.5, 0.6) is 0 Å². The third-order valence-electron chi connectivity index (χ3n) is 2.64. The van der Waals surface area contributed by atoms with Crippen LogP contribution >= 0.6 is 11.6 Å². The molecular formula is C12H18ClN5O. The van der Waals surface area contributed by atoms with Gasteiger partial charge in [-0.3, -0.25) is 0 Å². The molecule has 0 bridgehead atoms. The van der Waals surface area contributed by atoms with Gasteiger partial charge in [0.15, 0.2) is 0 Å². The molecule has 0 N–H and O–H groups in total. The van der Waals surface area contributed by atoms with Crippen molar-refractivity contribution in [2.24, 2.45) is 0 Å². The van der Waals surface area contributed by atoms with Gasteiger partial charge in [-0.1, -0.05) is 32.9 Å². The zero-order valence-electron chi connectivity index (χ0n) is 11.6. The topological polar surface area (TPSA) is 69.6 Å². The van der Waals surface area contributed by atoms with Gasteiger partial charge in [-0.15, -0.1) is 26.9 Å². The van der Waals surface area contributed by atoms with E-state index in [9.17, 15) is 0 Å². The first-order valence-corrected chi connectivity index (χ1v) is 6.70. The largest absolute Gasteiger partial charge is 0.423 e. The summed E-state index contributed by atoms with van der Waals surface area (Å²) in [5, 5.41) is 16.0. The normalized spacial score (nSPS) is 13.7. The van der Waals surface area contributed by atoms with Crippen molar-refractivity contribution >= 4 is 11.6 Å². The lowest BCUT2D eigenvalue weighted by Gasteiger charge is -2.10. The average Bonchev–Trinajstić information content (AvgIpc) is 2.97. The molecule has 0 aromatic carbocycles. The van der Waals surface area contributed by atoms with Crippen LogP contribution in [0.3, 0.4) is 0 Å². The maximum atomic E-state index is 6.10. The van der Waals surface area contributed by atoms with E-state index in [1.807, 2.05) is 33.9 Å². The zero-order valence-corrected chi connectivity index (χ0v) is 12.3. The van der Waals surface area contributed by atoms with Gasteiger partial charge in [0.25, 0.3) is 0 Å². The second-order valence-electron chi connectivity index (χ2n) is 5.47. The quantitative estimate of drug-likeness (QED) is 0.807. The third-order valence-corrected chi connectivity index (χ3v) is 3.17. The van der Waals surface area contributed by atoms with Gasteiger partial charge in [-0.25, -0.2) is 4.68 Å². The summed E-state index contributed by atoms with van der Waals surface area (Å²) in [6.45, 7) is 8.49. The van der Waals surface area contributed by atoms with Crippen LogP contribution in [0, 0.1) is 0 Å². The molecule has 2 aromatic rings. The first-order chi connectivity index (χ1) is 8.90. The van der Waals surface area contributed by atoms with Crippen molar-refractivity contribution in [1.29, 1.82) is 0 Å². The highest BCUT2D eigenvalue weighted by Gasteiger charge is 2.21. The molecule has 1 unspecified atom stereocenters. The number of alkyl halides is 1. The summed E-state index contributed by atoms with van der Waals surface area (Å²) in [5.74, 6) is 1.13. The highest BCUT2D eigenvalue weighted by Crippen LogP contribution is 2.22. The summed E-state index contributed by atoms with van der Waals surface area (Å²) in [4.78, 5) is 0. The molecule has 0 radical (unpaired) electrons. The summed E-state index contributed by atoms with van der Waals surface area (Å²) in [6, 6.07) is 0. The number of rotatable bonds is 4. The fraction of sp³-hybridized carbons (Fsp3) is 0.667. The van der Waals surface area contributed by atoms with Crippen LogP contribution in [0.2, 0.25) is 0 Å². The van der Waals surface area contributed by atoms with Gasteiger partial charge in [-0.05, 0) is 6.42 Å². The van der Waals surface area contributed by atoms with E-state index in [0.29, 0.717) is 18.3 Å². The van der Waals surface area contributed by atoms with Gasteiger partial charge >= 0.3 is 0 Å². The highest BCUT2D eigenvalue weighted by atomic mass is 35.5. The van der Waals surface area contributed by atoms with Crippen molar-refractivity contribution in [1.82, 2.24) is 25.2 Å². The van der Waals surface area contributed by atoms with Gasteiger partial charge in [0.05, 0.1) is 11.6 Å². The van der Waals surface area contributed by atoms with E-state index in [4.69, 9.17) is 16.0 Å². The van der Waals surface area contributed by atoms with Crippen molar-refractivity contribution in [3.8, 4) is 0 Å². The molecule has 0 aliphatic heterocycles. The molecular weight excluding hydrogens is 266 g/mol. The Morgan fingerprint density at radius 1 is 1.32 bits per heavy atom. The van der Waals surface area contributed by atoms with Crippen LogP contribution in [0.1, 0.15) is 57.0 Å². The minimum absolute atomic E-state index is 0.110. The monoisotopic (exact) mass is 283 g/mol. The number of hydrogen-bond donors (Lipinski definition) is 0. The molecule has 2 aromatic heterocycles. The molecule has 2 rings (SSSR count). The Kier molecular flexibility index (Phi) is 3.89. The fourth-order valence-corrected chi connectivity index (χ4v) is 1.60. The first-order valence-electron chi connectivity index (χ1n) is 6.27. The van der Waals surface area contributed by atoms with E-state index in [0.717, 1.165) is 12.1 Å². The molecule has 2 heterocycles. The van der Waals surface area contributed by atoms with E-state index in [1.54, 1.807) is 4.68 Å². The fourth-order valence-electron chi connectivity index (χ4n) is 1.50. The minimum atomic E-state index is -0.151. The summed E-state index contributed by atoms with van der Waals surface area (Å²) >= 11 is 6.10. The van der Waals surface area contributed by atoms with E-state index in [1.165, 1.54) is 0 Å². The molecule has 0 aliphatic carbocycles. The van der Waals surface area contributed by atoms with Crippen LogP contribution < -0.4 is 0 Å². The lowest BCUT2D eigenvalue weighted by atomic mass is 9.97. The molecule has 0 fully saturated rings. The van der Waals surface area contributed by atoms with Crippen molar-refractivity contribution in [2.75, 3.05) is 0 Å². The van der Waals surface area contributed by atoms with Gasteiger partial charge < -0.3 is 4.42 Å². The van der Waals surface area contributed by atoms with Crippen LogP contribution in [-0.2, 0) is 12.0 Å². The summed E-state index contributed by atoms with van der Waals surface area (Å²) in [6.07, 6.45) is 2.62. The predicted octanol–water partition coefficient (Wildman–Crippen LogP) is 2.70. The highest BCUT2D eigenvalue weighted by molar-refractivity contribution is 6.20. The third kappa shape index (κ3) is 3.32. The molecule has 0 amide bonds. The van der Waals surface area contributed by atoms with Gasteiger partial charge in [0.1, 0.15) is 12.2 Å². The number of hydrogen-bond acceptors (Lipinski definition) is 5. The first kappa shape index (κ1) is 14.0. The van der Waals surface area contributed by atoms with E-state index in [2.05, 4.69) is 20.5 Å². The lowest BCUT2D eigenvalue weighted by Crippen LogP contribution is -2.11. The maximum Gasteiger partial charge on any atom is 0.238 e. The smallest absolute Gasteiger partial charge is 0.238 e. The summed E-state index contributed by atoms with van der Waals surface area (Å²) < 4.78 is 7.26. The Balaban J connectivity index is 2.09. The lowest BCUT2D eigenvalue weighted by molar-refractivity contribution is 0.362. The standard InChI is InChI=1S/C12H18ClN5O/c1-5-8(13)9-6-18(17-14-9)7-10-15-16-11(19-10)12(2,3)4/h6,8H,5,7H2,1-4H3. The van der Waals surface area contributed by atoms with Gasteiger partial charge in [0, 0.05) is 5.41 Å². The van der Waals surface area contributed by atoms with Crippen LogP contribution in [0.4, 0.5) is 0 Å². The van der Waals surface area contributed by atoms with Crippen molar-refractivity contribution in [2.45, 2.75) is 51.5 Å². The molecule has 1 atom stereocenters. The molecule has 0 aliphatic rings. The number of aromatic nitrogens is 5. The minimum Gasteiger partial charge on any atom is -0.423 e. The Labute approximate surface area is 117 Å². The van der Waals surface area contributed by atoms with E-state index in [-0.39, 0.29) is 10.8 Å². The molecule has 6 nitrogen and oxygen atoms in total. The SMILES string of the molecule is CCC(Cl)c1cn(Cc2nnc(C(C)(C)C)o2)nn1. The molecule has 104 valence electrons. The van der Waals surface area contributed by atoms with E-state index < -0.39 is 0 Å². The van der Waals surface area contributed by atoms with Crippen LogP contribution in [0.25, 0.3) is 0 Å². The second-order valence-corrected chi connectivity index (χ2v) is 5.99. The number of nitrogens with zero attached hydrogens (tertiary/aromatic N) is 5. The Morgan fingerprint density at radius 3 is 2.63 bits per heavy atom.